The Hall–Kier alpha value is -2.43. The van der Waals surface area contributed by atoms with Crippen LogP contribution in [-0.4, -0.2) is 25.9 Å². The fourth-order valence-electron chi connectivity index (χ4n) is 2.28. The van der Waals surface area contributed by atoms with Gasteiger partial charge in [-0.25, -0.2) is 15.0 Å². The van der Waals surface area contributed by atoms with Crippen molar-refractivity contribution in [1.82, 2.24) is 19.4 Å². The molecule has 3 aromatic heterocycles. The van der Waals surface area contributed by atoms with Gasteiger partial charge in [0.05, 0.1) is 6.20 Å². The molecule has 108 valence electrons. The summed E-state index contributed by atoms with van der Waals surface area (Å²) in [6.45, 7) is 7.09. The van der Waals surface area contributed by atoms with E-state index in [-0.39, 0.29) is 0 Å². The zero-order chi connectivity index (χ0) is 14.8. The van der Waals surface area contributed by atoms with Gasteiger partial charge in [-0.15, -0.1) is 0 Å². The molecule has 5 heteroatoms. The highest BCUT2D eigenvalue weighted by atomic mass is 15.1. The summed E-state index contributed by atoms with van der Waals surface area (Å²) in [5.41, 5.74) is 3.95. The van der Waals surface area contributed by atoms with Gasteiger partial charge in [0.2, 0.25) is 0 Å². The normalized spacial score (nSPS) is 11.0. The van der Waals surface area contributed by atoms with Crippen molar-refractivity contribution in [2.24, 2.45) is 0 Å². The first-order chi connectivity index (χ1) is 10.2. The molecule has 0 unspecified atom stereocenters. The number of rotatable bonds is 4. The second-order valence-electron chi connectivity index (χ2n) is 5.22. The van der Waals surface area contributed by atoms with Crippen molar-refractivity contribution in [3.63, 3.8) is 0 Å². The molecule has 5 nitrogen and oxygen atoms in total. The summed E-state index contributed by atoms with van der Waals surface area (Å²) in [5.74, 6) is 1.56. The summed E-state index contributed by atoms with van der Waals surface area (Å²) in [5, 5.41) is 3.32. The fourth-order valence-corrected chi connectivity index (χ4v) is 2.28. The van der Waals surface area contributed by atoms with E-state index in [1.807, 2.05) is 29.7 Å². The molecular weight excluding hydrogens is 262 g/mol. The monoisotopic (exact) mass is 281 g/mol. The van der Waals surface area contributed by atoms with Gasteiger partial charge in [-0.3, -0.25) is 4.40 Å². The summed E-state index contributed by atoms with van der Waals surface area (Å²) in [4.78, 5) is 13.6. The van der Waals surface area contributed by atoms with Crippen LogP contribution >= 0.6 is 0 Å². The van der Waals surface area contributed by atoms with E-state index in [0.29, 0.717) is 5.82 Å². The van der Waals surface area contributed by atoms with Crippen LogP contribution in [0.1, 0.15) is 24.6 Å². The second-order valence-corrected chi connectivity index (χ2v) is 5.22. The Morgan fingerprint density at radius 2 is 2.05 bits per heavy atom. The molecule has 0 fully saturated rings. The highest BCUT2D eigenvalue weighted by Crippen LogP contribution is 2.20. The van der Waals surface area contributed by atoms with Crippen LogP contribution in [-0.2, 0) is 0 Å². The number of nitrogens with zero attached hydrogens (tertiary/aromatic N) is 4. The molecule has 0 aliphatic rings. The summed E-state index contributed by atoms with van der Waals surface area (Å²) in [7, 11) is 0. The van der Waals surface area contributed by atoms with Crippen molar-refractivity contribution in [3.8, 4) is 11.5 Å². The first-order valence-corrected chi connectivity index (χ1v) is 7.21. The third kappa shape index (κ3) is 2.72. The Bertz CT molecular complexity index is 775. The van der Waals surface area contributed by atoms with E-state index >= 15 is 0 Å². The minimum atomic E-state index is 0.701. The molecular formula is C16H19N5. The van der Waals surface area contributed by atoms with Crippen molar-refractivity contribution in [3.05, 3.63) is 41.9 Å². The van der Waals surface area contributed by atoms with Crippen LogP contribution in [0, 0.1) is 13.8 Å². The average molecular weight is 281 g/mol. The number of pyridine rings is 1. The lowest BCUT2D eigenvalue weighted by Crippen LogP contribution is -2.05. The molecule has 0 spiro atoms. The van der Waals surface area contributed by atoms with Crippen molar-refractivity contribution in [2.45, 2.75) is 27.2 Å². The van der Waals surface area contributed by atoms with Crippen LogP contribution in [0.3, 0.4) is 0 Å². The maximum Gasteiger partial charge on any atom is 0.180 e. The van der Waals surface area contributed by atoms with Crippen molar-refractivity contribution in [2.75, 3.05) is 11.9 Å². The molecule has 0 amide bonds. The lowest BCUT2D eigenvalue weighted by Gasteiger charge is -2.08. The first kappa shape index (κ1) is 13.5. The Morgan fingerprint density at radius 3 is 2.86 bits per heavy atom. The quantitative estimate of drug-likeness (QED) is 0.797. The van der Waals surface area contributed by atoms with Crippen LogP contribution in [0.4, 0.5) is 5.82 Å². The summed E-state index contributed by atoms with van der Waals surface area (Å²) < 4.78 is 2.04. The van der Waals surface area contributed by atoms with Crippen LogP contribution < -0.4 is 5.32 Å². The van der Waals surface area contributed by atoms with Crippen molar-refractivity contribution < 1.29 is 0 Å². The van der Waals surface area contributed by atoms with Crippen LogP contribution in [0.15, 0.2) is 30.6 Å². The van der Waals surface area contributed by atoms with Gasteiger partial charge in [0.1, 0.15) is 17.2 Å². The molecule has 21 heavy (non-hydrogen) atoms. The van der Waals surface area contributed by atoms with E-state index in [0.717, 1.165) is 35.8 Å². The molecule has 0 bridgehead atoms. The van der Waals surface area contributed by atoms with Gasteiger partial charge >= 0.3 is 0 Å². The number of nitrogens with one attached hydrogen (secondary N) is 1. The molecule has 0 radical (unpaired) electrons. The molecule has 3 aromatic rings. The highest BCUT2D eigenvalue weighted by molar-refractivity contribution is 5.59. The molecule has 1 N–H and O–H groups in total. The van der Waals surface area contributed by atoms with E-state index < -0.39 is 0 Å². The maximum atomic E-state index is 4.61. The van der Waals surface area contributed by atoms with E-state index in [1.165, 1.54) is 5.56 Å². The number of aryl methyl sites for hydroxylation is 2. The van der Waals surface area contributed by atoms with E-state index in [2.05, 4.69) is 46.4 Å². The molecule has 0 aliphatic carbocycles. The molecule has 0 atom stereocenters. The van der Waals surface area contributed by atoms with Gasteiger partial charge in [-0.2, -0.15) is 0 Å². The fraction of sp³-hybridized carbons (Fsp3) is 0.312. The Balaban J connectivity index is 2.09. The van der Waals surface area contributed by atoms with Gasteiger partial charge in [-0.05, 0) is 31.9 Å². The zero-order valence-electron chi connectivity index (χ0n) is 12.6. The minimum absolute atomic E-state index is 0.701. The maximum absolute atomic E-state index is 4.61. The lowest BCUT2D eigenvalue weighted by atomic mass is 10.3. The largest absolute Gasteiger partial charge is 0.370 e. The van der Waals surface area contributed by atoms with E-state index in [1.54, 1.807) is 0 Å². The van der Waals surface area contributed by atoms with Crippen LogP contribution in [0.25, 0.3) is 17.2 Å². The molecule has 3 rings (SSSR count). The summed E-state index contributed by atoms with van der Waals surface area (Å²) >= 11 is 0. The van der Waals surface area contributed by atoms with Gasteiger partial charge in [0, 0.05) is 24.5 Å². The number of fused-ring (bicyclic) bond motifs is 1. The molecule has 3 heterocycles. The second kappa shape index (κ2) is 5.52. The van der Waals surface area contributed by atoms with Crippen LogP contribution in [0.2, 0.25) is 0 Å². The third-order valence-electron chi connectivity index (χ3n) is 3.29. The minimum Gasteiger partial charge on any atom is -0.370 e. The number of aromatic nitrogens is 4. The molecule has 0 aliphatic heterocycles. The van der Waals surface area contributed by atoms with Gasteiger partial charge in [0.25, 0.3) is 0 Å². The zero-order valence-corrected chi connectivity index (χ0v) is 12.6. The van der Waals surface area contributed by atoms with Crippen LogP contribution in [0.5, 0.6) is 0 Å². The first-order valence-electron chi connectivity index (χ1n) is 7.21. The Labute approximate surface area is 124 Å². The van der Waals surface area contributed by atoms with Gasteiger partial charge in [0.15, 0.2) is 5.82 Å². The SMILES string of the molecule is CCCNc1cc(C)nc(-c2cnc3ccc(C)cn23)n1. The van der Waals surface area contributed by atoms with Crippen molar-refractivity contribution in [1.29, 1.82) is 0 Å². The molecule has 0 aromatic carbocycles. The topological polar surface area (TPSA) is 55.1 Å². The number of hydrogen-bond donors (Lipinski definition) is 1. The standard InChI is InChI=1S/C16H19N5/c1-4-7-17-14-8-12(3)19-16(20-14)13-9-18-15-6-5-11(2)10-21(13)15/h5-6,8-10H,4,7H2,1-3H3,(H,17,19,20). The smallest absolute Gasteiger partial charge is 0.180 e. The van der Waals surface area contributed by atoms with Gasteiger partial charge in [-0.1, -0.05) is 13.0 Å². The summed E-state index contributed by atoms with van der Waals surface area (Å²) in [6.07, 6.45) is 4.95. The van der Waals surface area contributed by atoms with E-state index in [4.69, 9.17) is 0 Å². The Kier molecular flexibility index (Phi) is 3.56. The van der Waals surface area contributed by atoms with Gasteiger partial charge < -0.3 is 5.32 Å². The lowest BCUT2D eigenvalue weighted by molar-refractivity contribution is 0.960. The number of anilines is 1. The molecule has 0 saturated heterocycles. The highest BCUT2D eigenvalue weighted by Gasteiger charge is 2.10. The average Bonchev–Trinajstić information content (AvgIpc) is 2.87. The summed E-state index contributed by atoms with van der Waals surface area (Å²) in [6, 6.07) is 6.02. The number of hydrogen-bond acceptors (Lipinski definition) is 4. The number of imidazole rings is 1. The predicted molar refractivity (Wildman–Crippen MR) is 84.5 cm³/mol. The van der Waals surface area contributed by atoms with Crippen molar-refractivity contribution >= 4 is 11.5 Å². The molecule has 0 saturated carbocycles. The predicted octanol–water partition coefficient (Wildman–Crippen LogP) is 3.23. The third-order valence-corrected chi connectivity index (χ3v) is 3.29. The van der Waals surface area contributed by atoms with E-state index in [9.17, 15) is 0 Å². The Morgan fingerprint density at radius 1 is 1.19 bits per heavy atom.